The molecule has 7 nitrogen and oxygen atoms in total. The predicted molar refractivity (Wildman–Crippen MR) is 200 cm³/mol. The number of benzene rings is 3. The van der Waals surface area contributed by atoms with Gasteiger partial charge in [0.1, 0.15) is 16.1 Å². The summed E-state index contributed by atoms with van der Waals surface area (Å²) in [6.45, 7) is 11.4. The fourth-order valence-corrected chi connectivity index (χ4v) is 13.0. The van der Waals surface area contributed by atoms with Crippen molar-refractivity contribution in [1.29, 1.82) is 0 Å². The second-order valence-corrected chi connectivity index (χ2v) is 20.7. The molecule has 0 radical (unpaired) electrons. The highest BCUT2D eigenvalue weighted by Crippen LogP contribution is 2.39. The summed E-state index contributed by atoms with van der Waals surface area (Å²) < 4.78 is 15.8. The van der Waals surface area contributed by atoms with Crippen molar-refractivity contribution in [3.8, 4) is 5.75 Å². The van der Waals surface area contributed by atoms with E-state index < -0.39 is 36.1 Å². The molecule has 11 heteroatoms. The summed E-state index contributed by atoms with van der Waals surface area (Å²) in [5, 5.41) is 1.72. The van der Waals surface area contributed by atoms with Crippen molar-refractivity contribution in [1.82, 2.24) is 9.13 Å². The normalized spacial score (nSPS) is 13.0. The molecule has 0 aliphatic carbocycles. The summed E-state index contributed by atoms with van der Waals surface area (Å²) in [5.41, 5.74) is -1.24. The van der Waals surface area contributed by atoms with Crippen LogP contribution in [0, 0.1) is 6.92 Å². The van der Waals surface area contributed by atoms with Gasteiger partial charge in [0.15, 0.2) is 0 Å². The molecule has 1 atom stereocenters. The van der Waals surface area contributed by atoms with Crippen molar-refractivity contribution in [3.63, 3.8) is 0 Å². The number of hydrogen-bond acceptors (Lipinski definition) is 6. The molecule has 0 fully saturated rings. The van der Waals surface area contributed by atoms with Crippen LogP contribution in [0.1, 0.15) is 50.6 Å². The number of rotatable bonds is 9. The molecule has 0 saturated heterocycles. The molecule has 3 aromatic carbocycles. The minimum absolute atomic E-state index is 0.183. The average molecular weight is 799 g/mol. The molecule has 0 spiro atoms. The molecule has 246 valence electrons. The minimum atomic E-state index is -3.35. The molecule has 2 aromatic heterocycles. The molecule has 5 aromatic rings. The lowest BCUT2D eigenvalue weighted by Gasteiger charge is -2.43. The Morgan fingerprint density at radius 2 is 1.43 bits per heavy atom. The number of nitrogens with zero attached hydrogens (tertiary/aromatic N) is 2. The van der Waals surface area contributed by atoms with Gasteiger partial charge < -0.3 is 9.16 Å². The van der Waals surface area contributed by atoms with E-state index in [1.807, 2.05) is 91.9 Å². The maximum atomic E-state index is 14.7. The van der Waals surface area contributed by atoms with Gasteiger partial charge in [-0.3, -0.25) is 14.2 Å². The Morgan fingerprint density at radius 3 is 1.96 bits per heavy atom. The van der Waals surface area contributed by atoms with E-state index >= 15 is 0 Å². The highest BCUT2D eigenvalue weighted by Gasteiger charge is 2.55. The Kier molecular flexibility index (Phi) is 9.95. The van der Waals surface area contributed by atoms with E-state index in [4.69, 9.17) is 9.16 Å². The first kappa shape index (κ1) is 35.1. The molecule has 2 heterocycles. The van der Waals surface area contributed by atoms with E-state index in [0.29, 0.717) is 21.5 Å². The Bertz CT molecular complexity index is 2010. The van der Waals surface area contributed by atoms with Gasteiger partial charge in [0.2, 0.25) is 0 Å². The van der Waals surface area contributed by atoms with Gasteiger partial charge in [-0.25, -0.2) is 9.36 Å². The summed E-state index contributed by atoms with van der Waals surface area (Å²) in [7, 11) is -1.75. The molecule has 47 heavy (non-hydrogen) atoms. The highest BCUT2D eigenvalue weighted by atomic mass is 79.9. The van der Waals surface area contributed by atoms with Gasteiger partial charge in [0, 0.05) is 12.1 Å². The highest BCUT2D eigenvalue weighted by molar-refractivity contribution is 9.11. The van der Waals surface area contributed by atoms with Crippen LogP contribution in [0.15, 0.2) is 98.3 Å². The Balaban J connectivity index is 1.71. The van der Waals surface area contributed by atoms with Crippen molar-refractivity contribution in [2.24, 2.45) is 0 Å². The van der Waals surface area contributed by atoms with Gasteiger partial charge >= 0.3 is 20.0 Å². The van der Waals surface area contributed by atoms with Gasteiger partial charge in [0.05, 0.1) is 21.1 Å². The SMILES string of the molecule is COc1ccccc1C(Br)Cn1c(=O)n(C(C)(C)C(=O)O[Si](c2ccccc2)(c2ccccc2)C(C)(C)C)c(=O)c2c(C)c(Br)sc21. The molecule has 0 aliphatic heterocycles. The molecule has 0 aliphatic rings. The van der Waals surface area contributed by atoms with Crippen LogP contribution >= 0.6 is 43.2 Å². The van der Waals surface area contributed by atoms with Crippen molar-refractivity contribution in [2.45, 2.75) is 63.5 Å². The number of carbonyl (C=O) groups excluding carboxylic acids is 1. The molecule has 5 rings (SSSR count). The van der Waals surface area contributed by atoms with E-state index in [1.54, 1.807) is 25.5 Å². The Hall–Kier alpha value is -3.25. The van der Waals surface area contributed by atoms with E-state index in [-0.39, 0.29) is 11.4 Å². The van der Waals surface area contributed by atoms with Crippen LogP contribution in [0.25, 0.3) is 10.2 Å². The van der Waals surface area contributed by atoms with E-state index in [9.17, 15) is 14.4 Å². The fraction of sp³-hybridized carbons (Fsp3) is 0.306. The van der Waals surface area contributed by atoms with Gasteiger partial charge in [-0.05, 0) is 63.7 Å². The third-order valence-corrected chi connectivity index (χ3v) is 16.6. The number of ether oxygens (including phenoxy) is 1. The van der Waals surface area contributed by atoms with Crippen LogP contribution in [-0.4, -0.2) is 30.5 Å². The first-order chi connectivity index (χ1) is 22.2. The topological polar surface area (TPSA) is 79.5 Å². The maximum Gasteiger partial charge on any atom is 0.333 e. The first-order valence-electron chi connectivity index (χ1n) is 15.2. The zero-order valence-electron chi connectivity index (χ0n) is 27.5. The van der Waals surface area contributed by atoms with Crippen LogP contribution in [0.2, 0.25) is 5.04 Å². The zero-order valence-corrected chi connectivity index (χ0v) is 32.5. The van der Waals surface area contributed by atoms with Gasteiger partial charge in [-0.15, -0.1) is 11.3 Å². The molecule has 0 amide bonds. The number of thiophene rings is 1. The van der Waals surface area contributed by atoms with Crippen LogP contribution in [0.3, 0.4) is 0 Å². The van der Waals surface area contributed by atoms with Gasteiger partial charge in [-0.1, -0.05) is 116 Å². The third kappa shape index (κ3) is 6.11. The number of aromatic nitrogens is 2. The molecular formula is C36H38Br2N2O5SSi. The molecule has 0 bridgehead atoms. The molecule has 1 unspecified atom stereocenters. The quantitative estimate of drug-likeness (QED) is 0.116. The summed E-state index contributed by atoms with van der Waals surface area (Å²) in [6, 6.07) is 27.2. The minimum Gasteiger partial charge on any atom is -0.508 e. The second kappa shape index (κ2) is 13.3. The number of carbonyl (C=O) groups is 1. The van der Waals surface area contributed by atoms with Crippen LogP contribution in [0.4, 0.5) is 0 Å². The lowest BCUT2D eigenvalue weighted by Crippen LogP contribution is -2.69. The number of aryl methyl sites for hydroxylation is 1. The van der Waals surface area contributed by atoms with Crippen molar-refractivity contribution in [2.75, 3.05) is 7.11 Å². The summed E-state index contributed by atoms with van der Waals surface area (Å²) in [4.78, 5) is 43.8. The number of hydrogen-bond donors (Lipinski definition) is 0. The lowest BCUT2D eigenvalue weighted by molar-refractivity contribution is -0.144. The Morgan fingerprint density at radius 1 is 0.894 bits per heavy atom. The molecular weight excluding hydrogens is 760 g/mol. The van der Waals surface area contributed by atoms with Crippen molar-refractivity contribution < 1.29 is 14.0 Å². The predicted octanol–water partition coefficient (Wildman–Crippen LogP) is 7.28. The van der Waals surface area contributed by atoms with E-state index in [2.05, 4.69) is 52.6 Å². The number of fused-ring (bicyclic) bond motifs is 1. The largest absolute Gasteiger partial charge is 0.508 e. The Labute approximate surface area is 296 Å². The number of alkyl halides is 1. The maximum absolute atomic E-state index is 14.7. The van der Waals surface area contributed by atoms with E-state index in [1.165, 1.54) is 11.3 Å². The lowest BCUT2D eigenvalue weighted by atomic mass is 10.1. The smallest absolute Gasteiger partial charge is 0.333 e. The number of halogens is 2. The summed E-state index contributed by atoms with van der Waals surface area (Å²) in [5.74, 6) is 0.0220. The third-order valence-electron chi connectivity index (χ3n) is 8.69. The number of methoxy groups -OCH3 is 1. The molecule has 0 saturated carbocycles. The standard InChI is InChI=1S/C36H38Br2N2O5SSi/c1-23-29-31(41)40(34(43)39(32(29)46-30(23)38)22-27(37)26-20-14-15-21-28(26)44-7)36(5,6)33(42)45-47(35(2,3)4,24-16-10-8-11-17-24)25-18-12-9-13-19-25/h8-21,27H,22H2,1-7H3. The van der Waals surface area contributed by atoms with Crippen LogP contribution in [0.5, 0.6) is 5.75 Å². The number of para-hydroxylation sites is 1. The summed E-state index contributed by atoms with van der Waals surface area (Å²) >= 11 is 8.69. The van der Waals surface area contributed by atoms with Crippen LogP contribution in [-0.2, 0) is 21.3 Å². The van der Waals surface area contributed by atoms with Gasteiger partial charge in [0.25, 0.3) is 5.56 Å². The van der Waals surface area contributed by atoms with E-state index in [0.717, 1.165) is 24.3 Å². The fourth-order valence-electron chi connectivity index (χ4n) is 6.16. The van der Waals surface area contributed by atoms with Crippen molar-refractivity contribution >= 4 is 78.1 Å². The average Bonchev–Trinajstić information content (AvgIpc) is 3.35. The van der Waals surface area contributed by atoms with Crippen LogP contribution < -0.4 is 26.4 Å². The first-order valence-corrected chi connectivity index (χ1v) is 19.7. The summed E-state index contributed by atoms with van der Waals surface area (Å²) in [6.07, 6.45) is 0. The zero-order chi connectivity index (χ0) is 34.3. The molecule has 0 N–H and O–H groups in total. The van der Waals surface area contributed by atoms with Gasteiger partial charge in [-0.2, -0.15) is 0 Å². The second-order valence-electron chi connectivity index (χ2n) is 13.0. The monoisotopic (exact) mass is 796 g/mol. The van der Waals surface area contributed by atoms with Crippen molar-refractivity contribution in [3.05, 3.63) is 121 Å².